The number of nitrogens with one attached hydrogen (secondary N) is 2. The second-order valence-corrected chi connectivity index (χ2v) is 12.4. The molecule has 3 aliphatic rings. The van der Waals surface area contributed by atoms with Crippen molar-refractivity contribution in [3.8, 4) is 0 Å². The van der Waals surface area contributed by atoms with Crippen LogP contribution in [0.4, 0.5) is 0 Å². The molecule has 2 aromatic rings. The van der Waals surface area contributed by atoms with Gasteiger partial charge in [-0.1, -0.05) is 74.7 Å². The van der Waals surface area contributed by atoms with Crippen molar-refractivity contribution in [2.45, 2.75) is 76.5 Å². The molecule has 222 valence electrons. The number of benzene rings is 2. The second kappa shape index (κ2) is 13.7. The summed E-state index contributed by atoms with van der Waals surface area (Å²) in [5.41, 5.74) is 3.62. The number of likely N-dealkylation sites (N-methyl/N-ethyl adjacent to an activating group) is 1. The van der Waals surface area contributed by atoms with Gasteiger partial charge in [-0.3, -0.25) is 14.5 Å². The first kappa shape index (κ1) is 30.0. The van der Waals surface area contributed by atoms with Crippen LogP contribution in [0.1, 0.15) is 56.2 Å². The van der Waals surface area contributed by atoms with Gasteiger partial charge in [-0.2, -0.15) is 0 Å². The summed E-state index contributed by atoms with van der Waals surface area (Å²) >= 11 is 6.13. The first-order valence-corrected chi connectivity index (χ1v) is 15.9. The Hall–Kier alpha value is -2.45. The fraction of sp³-hybridized carbons (Fsp3) is 0.576. The van der Waals surface area contributed by atoms with Gasteiger partial charge in [-0.15, -0.1) is 0 Å². The Bertz CT molecular complexity index is 1170. The number of hydrogen-bond acceptors (Lipinski definition) is 5. The highest BCUT2D eigenvalue weighted by Crippen LogP contribution is 2.37. The van der Waals surface area contributed by atoms with Crippen molar-refractivity contribution in [2.24, 2.45) is 0 Å². The van der Waals surface area contributed by atoms with Crippen LogP contribution < -0.4 is 10.6 Å². The van der Waals surface area contributed by atoms with E-state index in [1.54, 1.807) is 0 Å². The molecule has 2 amide bonds. The number of hydrogen-bond donors (Lipinski definition) is 2. The number of carbonyl (C=O) groups excluding carboxylic acids is 2. The average Bonchev–Trinajstić information content (AvgIpc) is 3.49. The SMILES string of the molecule is CCN(CC)CC1(N2CCN(C(=O)[C@@H](Cc3ccc(Cl)cc3)NC(=O)C3Cc4ccccc4CN3)CC2)CCCC1. The van der Waals surface area contributed by atoms with Crippen LogP contribution in [0, 0.1) is 0 Å². The Balaban J connectivity index is 1.26. The van der Waals surface area contributed by atoms with Gasteiger partial charge < -0.3 is 20.4 Å². The Morgan fingerprint density at radius 2 is 1.66 bits per heavy atom. The summed E-state index contributed by atoms with van der Waals surface area (Å²) in [6.07, 6.45) is 6.12. The zero-order valence-electron chi connectivity index (χ0n) is 24.7. The van der Waals surface area contributed by atoms with Crippen LogP contribution >= 0.6 is 11.6 Å². The maximum absolute atomic E-state index is 14.0. The molecule has 7 nitrogen and oxygen atoms in total. The Labute approximate surface area is 250 Å². The highest BCUT2D eigenvalue weighted by molar-refractivity contribution is 6.30. The molecule has 2 heterocycles. The minimum absolute atomic E-state index is 0.00775. The topological polar surface area (TPSA) is 67.9 Å². The molecule has 1 saturated carbocycles. The van der Waals surface area contributed by atoms with E-state index in [0.29, 0.717) is 37.5 Å². The number of piperazine rings is 1. The summed E-state index contributed by atoms with van der Waals surface area (Å²) in [7, 11) is 0. The lowest BCUT2D eigenvalue weighted by Crippen LogP contribution is -2.63. The van der Waals surface area contributed by atoms with Gasteiger partial charge in [0.05, 0.1) is 6.04 Å². The normalized spacial score (nSPS) is 21.5. The van der Waals surface area contributed by atoms with Crippen molar-refractivity contribution in [1.29, 1.82) is 0 Å². The largest absolute Gasteiger partial charge is 0.343 e. The van der Waals surface area contributed by atoms with Crippen LogP contribution in [0.2, 0.25) is 5.02 Å². The van der Waals surface area contributed by atoms with E-state index in [4.69, 9.17) is 11.6 Å². The minimum atomic E-state index is -0.620. The first-order valence-electron chi connectivity index (χ1n) is 15.5. The van der Waals surface area contributed by atoms with Crippen molar-refractivity contribution in [1.82, 2.24) is 25.3 Å². The van der Waals surface area contributed by atoms with Gasteiger partial charge >= 0.3 is 0 Å². The van der Waals surface area contributed by atoms with Crippen LogP contribution in [0.5, 0.6) is 0 Å². The zero-order valence-corrected chi connectivity index (χ0v) is 25.5. The summed E-state index contributed by atoms with van der Waals surface area (Å²) in [6, 6.07) is 14.8. The van der Waals surface area contributed by atoms with Gasteiger partial charge in [-0.05, 0) is 61.2 Å². The molecule has 41 heavy (non-hydrogen) atoms. The van der Waals surface area contributed by atoms with E-state index in [1.165, 1.54) is 36.8 Å². The molecule has 2 N–H and O–H groups in total. The Morgan fingerprint density at radius 1 is 1.00 bits per heavy atom. The summed E-state index contributed by atoms with van der Waals surface area (Å²) in [5.74, 6) is -0.108. The van der Waals surface area contributed by atoms with Gasteiger partial charge in [0, 0.05) is 56.3 Å². The number of nitrogens with zero attached hydrogens (tertiary/aromatic N) is 3. The van der Waals surface area contributed by atoms with Gasteiger partial charge in [0.15, 0.2) is 0 Å². The van der Waals surface area contributed by atoms with E-state index in [0.717, 1.165) is 38.3 Å². The fourth-order valence-electron chi connectivity index (χ4n) is 7.06. The van der Waals surface area contributed by atoms with Crippen molar-refractivity contribution in [3.05, 3.63) is 70.2 Å². The minimum Gasteiger partial charge on any atom is -0.343 e. The summed E-state index contributed by atoms with van der Waals surface area (Å²) in [5, 5.41) is 7.18. The lowest BCUT2D eigenvalue weighted by molar-refractivity contribution is -0.139. The number of amides is 2. The average molecular weight is 580 g/mol. The van der Waals surface area contributed by atoms with Crippen molar-refractivity contribution >= 4 is 23.4 Å². The van der Waals surface area contributed by atoms with Gasteiger partial charge in [0.25, 0.3) is 0 Å². The van der Waals surface area contributed by atoms with Crippen molar-refractivity contribution in [2.75, 3.05) is 45.8 Å². The Kier molecular flexibility index (Phi) is 10.0. The lowest BCUT2D eigenvalue weighted by atomic mass is 9.92. The van der Waals surface area contributed by atoms with Crippen LogP contribution in [0.15, 0.2) is 48.5 Å². The molecule has 0 radical (unpaired) electrons. The molecule has 2 aromatic carbocycles. The number of carbonyl (C=O) groups is 2. The van der Waals surface area contributed by atoms with E-state index in [1.807, 2.05) is 41.3 Å². The molecular weight excluding hydrogens is 534 g/mol. The summed E-state index contributed by atoms with van der Waals surface area (Å²) in [4.78, 5) is 34.7. The molecule has 2 atom stereocenters. The van der Waals surface area contributed by atoms with Gasteiger partial charge in [0.2, 0.25) is 11.8 Å². The summed E-state index contributed by atoms with van der Waals surface area (Å²) < 4.78 is 0. The zero-order chi connectivity index (χ0) is 28.8. The number of rotatable bonds is 10. The molecular formula is C33H46ClN5O2. The van der Waals surface area contributed by atoms with Gasteiger partial charge in [0.1, 0.15) is 6.04 Å². The lowest BCUT2D eigenvalue weighted by Gasteiger charge is -2.48. The molecule has 2 fully saturated rings. The van der Waals surface area contributed by atoms with Crippen LogP contribution in [-0.4, -0.2) is 89.9 Å². The third kappa shape index (κ3) is 7.14. The van der Waals surface area contributed by atoms with Crippen molar-refractivity contribution < 1.29 is 9.59 Å². The van der Waals surface area contributed by atoms with Crippen LogP contribution in [-0.2, 0) is 29.0 Å². The monoisotopic (exact) mass is 579 g/mol. The van der Waals surface area contributed by atoms with Gasteiger partial charge in [-0.25, -0.2) is 0 Å². The second-order valence-electron chi connectivity index (χ2n) is 12.0. The van der Waals surface area contributed by atoms with Crippen LogP contribution in [0.25, 0.3) is 0 Å². The summed E-state index contributed by atoms with van der Waals surface area (Å²) in [6.45, 7) is 11.6. The predicted molar refractivity (Wildman–Crippen MR) is 165 cm³/mol. The van der Waals surface area contributed by atoms with E-state index >= 15 is 0 Å². The first-order chi connectivity index (χ1) is 19.9. The highest BCUT2D eigenvalue weighted by atomic mass is 35.5. The maximum atomic E-state index is 14.0. The fourth-order valence-corrected chi connectivity index (χ4v) is 7.19. The van der Waals surface area contributed by atoms with E-state index in [9.17, 15) is 9.59 Å². The van der Waals surface area contributed by atoms with E-state index in [2.05, 4.69) is 46.4 Å². The maximum Gasteiger partial charge on any atom is 0.245 e. The number of halogens is 1. The quantitative estimate of drug-likeness (QED) is 0.447. The molecule has 0 bridgehead atoms. The molecule has 1 aliphatic carbocycles. The third-order valence-corrected chi connectivity index (χ3v) is 9.83. The molecule has 5 rings (SSSR count). The molecule has 0 spiro atoms. The number of fused-ring (bicyclic) bond motifs is 1. The van der Waals surface area contributed by atoms with E-state index < -0.39 is 6.04 Å². The van der Waals surface area contributed by atoms with E-state index in [-0.39, 0.29) is 23.4 Å². The molecule has 2 aliphatic heterocycles. The molecule has 1 saturated heterocycles. The van der Waals surface area contributed by atoms with Crippen LogP contribution in [0.3, 0.4) is 0 Å². The standard InChI is InChI=1S/C33H46ClN5O2/c1-3-37(4-2)24-33(15-7-8-16-33)39-19-17-38(18-20-39)32(41)30(21-25-11-13-28(34)14-12-25)36-31(40)29-22-26-9-5-6-10-27(26)23-35-29/h5-6,9-14,29-30,35H,3-4,7-8,15-24H2,1-2H3,(H,36,40)/t29?,30-/m1/s1. The predicted octanol–water partition coefficient (Wildman–Crippen LogP) is 3.88. The smallest absolute Gasteiger partial charge is 0.245 e. The van der Waals surface area contributed by atoms with Crippen molar-refractivity contribution in [3.63, 3.8) is 0 Å². The molecule has 1 unspecified atom stereocenters. The Morgan fingerprint density at radius 3 is 2.32 bits per heavy atom. The highest BCUT2D eigenvalue weighted by Gasteiger charge is 2.42. The molecule has 8 heteroatoms. The molecule has 0 aromatic heterocycles. The third-order valence-electron chi connectivity index (χ3n) is 9.57.